The van der Waals surface area contributed by atoms with Crippen molar-refractivity contribution in [2.45, 2.75) is 12.4 Å². The van der Waals surface area contributed by atoms with Crippen LogP contribution in [0.3, 0.4) is 0 Å². The largest absolute Gasteiger partial charge is 3.00 e. The van der Waals surface area contributed by atoms with Crippen molar-refractivity contribution >= 4 is 5.78 Å². The summed E-state index contributed by atoms with van der Waals surface area (Å²) in [5.74, 6) is -5.65. The van der Waals surface area contributed by atoms with Crippen molar-refractivity contribution in [3.63, 3.8) is 0 Å². The molecule has 0 spiro atoms. The fraction of sp³-hybridized carbons (Fsp3) is 0.400. The molecule has 0 rings (SSSR count). The third kappa shape index (κ3) is 5.79. The van der Waals surface area contributed by atoms with Gasteiger partial charge in [-0.2, -0.15) is 26.3 Å². The van der Waals surface area contributed by atoms with E-state index in [0.29, 0.717) is 0 Å². The predicted octanol–water partition coefficient (Wildman–Crippen LogP) is 0.924. The smallest absolute Gasteiger partial charge is 0.869 e. The van der Waals surface area contributed by atoms with Crippen LogP contribution < -0.4 is 5.11 Å². The van der Waals surface area contributed by atoms with Gasteiger partial charge in [-0.15, -0.1) is 0 Å². The van der Waals surface area contributed by atoms with Gasteiger partial charge in [0, 0.05) is 0 Å². The van der Waals surface area contributed by atoms with Gasteiger partial charge in [-0.1, -0.05) is 0 Å². The summed E-state index contributed by atoms with van der Waals surface area (Å²) in [4.78, 5) is 9.82. The maximum absolute atomic E-state index is 11.3. The predicted molar refractivity (Wildman–Crippen MR) is 25.2 cm³/mol. The van der Waals surface area contributed by atoms with Crippen LogP contribution in [0, 0.1) is 41.3 Å². The van der Waals surface area contributed by atoms with Crippen molar-refractivity contribution in [2.75, 3.05) is 0 Å². The van der Waals surface area contributed by atoms with E-state index in [4.69, 9.17) is 0 Å². The summed E-state index contributed by atoms with van der Waals surface area (Å²) in [5.41, 5.74) is 0. The van der Waals surface area contributed by atoms with Crippen LogP contribution in [0.4, 0.5) is 26.3 Å². The molecule has 0 saturated carbocycles. The van der Waals surface area contributed by atoms with Gasteiger partial charge in [0.2, 0.25) is 0 Å². The Morgan fingerprint density at radius 1 is 1.00 bits per heavy atom. The Morgan fingerprint density at radius 2 is 1.36 bits per heavy atom. The van der Waals surface area contributed by atoms with E-state index >= 15 is 0 Å². The zero-order chi connectivity index (χ0) is 10.9. The Kier molecular flexibility index (Phi) is 6.27. The van der Waals surface area contributed by atoms with Gasteiger partial charge in [-0.05, 0) is 11.8 Å². The maximum Gasteiger partial charge on any atom is 3.00 e. The molecular formula is C5HF6O2Pr+2. The SMILES string of the molecule is O=C(/C=C(\[O-])C(F)(F)F)C(F)(F)F.[Pr+3]. The Balaban J connectivity index is 0. The summed E-state index contributed by atoms with van der Waals surface area (Å²) in [6.07, 6.45) is -11.9. The second kappa shape index (κ2) is 5.30. The van der Waals surface area contributed by atoms with Crippen LogP contribution in [0.25, 0.3) is 0 Å². The van der Waals surface area contributed by atoms with Gasteiger partial charge in [0.25, 0.3) is 5.78 Å². The first kappa shape index (κ1) is 16.6. The van der Waals surface area contributed by atoms with Crippen LogP contribution >= 0.6 is 0 Å². The average Bonchev–Trinajstić information content (AvgIpc) is 1.82. The summed E-state index contributed by atoms with van der Waals surface area (Å²) in [6, 6.07) is 0. The molecule has 0 radical (unpaired) electrons. The van der Waals surface area contributed by atoms with Gasteiger partial charge in [0.1, 0.15) is 0 Å². The number of allylic oxidation sites excluding steroid dienone is 2. The standard InChI is InChI=1S/C5H2F6O2.Pr/c6-4(7,8)2(12)1-3(13)5(9,10)11;/h1,12H;/q;+3/p-1/b2-1-;. The number of ketones is 1. The van der Waals surface area contributed by atoms with Crippen LogP contribution in [0.15, 0.2) is 11.8 Å². The first-order valence-electron chi connectivity index (χ1n) is 2.62. The van der Waals surface area contributed by atoms with Gasteiger partial charge in [-0.3, -0.25) is 4.79 Å². The van der Waals surface area contributed by atoms with Crippen LogP contribution in [0.5, 0.6) is 0 Å². The monoisotopic (exact) mass is 348 g/mol. The normalized spacial score (nSPS) is 13.4. The molecule has 0 amide bonds. The number of alkyl halides is 6. The minimum Gasteiger partial charge on any atom is -0.869 e. The third-order valence-corrected chi connectivity index (χ3v) is 0.821. The zero-order valence-corrected chi connectivity index (χ0v) is 9.94. The summed E-state index contributed by atoms with van der Waals surface area (Å²) in [5, 5.41) is 9.82. The molecule has 9 heteroatoms. The average molecular weight is 348 g/mol. The molecule has 0 unspecified atom stereocenters. The molecule has 0 aromatic rings. The van der Waals surface area contributed by atoms with E-state index in [-0.39, 0.29) is 41.3 Å². The summed E-state index contributed by atoms with van der Waals surface area (Å²) in [7, 11) is 0. The number of halogens is 6. The molecule has 0 N–H and O–H groups in total. The van der Waals surface area contributed by atoms with E-state index in [9.17, 15) is 36.2 Å². The number of rotatable bonds is 1. The van der Waals surface area contributed by atoms with Gasteiger partial charge < -0.3 is 5.11 Å². The molecule has 76 valence electrons. The number of carbonyl (C=O) groups is 1. The van der Waals surface area contributed by atoms with E-state index < -0.39 is 30.0 Å². The molecule has 0 aromatic heterocycles. The Morgan fingerprint density at radius 3 is 1.57 bits per heavy atom. The van der Waals surface area contributed by atoms with E-state index in [1.165, 1.54) is 0 Å². The van der Waals surface area contributed by atoms with Crippen molar-refractivity contribution in [1.29, 1.82) is 0 Å². The molecule has 0 bridgehead atoms. The molecule has 0 aliphatic heterocycles. The van der Waals surface area contributed by atoms with E-state index in [2.05, 4.69) is 0 Å². The van der Waals surface area contributed by atoms with Crippen molar-refractivity contribution in [2.24, 2.45) is 0 Å². The van der Waals surface area contributed by atoms with Gasteiger partial charge in [0.15, 0.2) is 0 Å². The van der Waals surface area contributed by atoms with E-state index in [1.807, 2.05) is 0 Å². The molecular weight excluding hydrogens is 347 g/mol. The molecule has 14 heavy (non-hydrogen) atoms. The zero-order valence-electron chi connectivity index (χ0n) is 6.24. The van der Waals surface area contributed by atoms with E-state index in [0.717, 1.165) is 0 Å². The Hall–Kier alpha value is 0.154. The molecule has 0 aromatic carbocycles. The van der Waals surface area contributed by atoms with Gasteiger partial charge in [0.05, 0.1) is 0 Å². The molecule has 0 aliphatic carbocycles. The van der Waals surface area contributed by atoms with Crippen LogP contribution in [-0.4, -0.2) is 18.1 Å². The fourth-order valence-corrected chi connectivity index (χ4v) is 0.283. The minimum absolute atomic E-state index is 0. The topological polar surface area (TPSA) is 40.1 Å². The summed E-state index contributed by atoms with van der Waals surface area (Å²) in [6.45, 7) is 0. The second-order valence-corrected chi connectivity index (χ2v) is 1.87. The molecule has 0 fully saturated rings. The molecule has 0 atom stereocenters. The van der Waals surface area contributed by atoms with Crippen LogP contribution in [-0.2, 0) is 4.79 Å². The molecule has 0 heterocycles. The van der Waals surface area contributed by atoms with Crippen molar-refractivity contribution < 1.29 is 77.5 Å². The Labute approximate surface area is 107 Å². The number of hydrogen-bond donors (Lipinski definition) is 0. The maximum atomic E-state index is 11.3. The summed E-state index contributed by atoms with van der Waals surface area (Å²) >= 11 is 0. The molecule has 0 aliphatic rings. The van der Waals surface area contributed by atoms with Crippen molar-refractivity contribution in [3.8, 4) is 0 Å². The third-order valence-electron chi connectivity index (χ3n) is 0.821. The number of hydrogen-bond acceptors (Lipinski definition) is 2. The first-order valence-corrected chi connectivity index (χ1v) is 2.62. The summed E-state index contributed by atoms with van der Waals surface area (Å²) < 4.78 is 67.8. The van der Waals surface area contributed by atoms with E-state index in [1.54, 1.807) is 0 Å². The van der Waals surface area contributed by atoms with Gasteiger partial charge in [-0.25, -0.2) is 0 Å². The van der Waals surface area contributed by atoms with Crippen LogP contribution in [0.1, 0.15) is 0 Å². The number of carbonyl (C=O) groups excluding carboxylic acids is 1. The van der Waals surface area contributed by atoms with Gasteiger partial charge >= 0.3 is 53.6 Å². The van der Waals surface area contributed by atoms with Crippen molar-refractivity contribution in [1.82, 2.24) is 0 Å². The first-order chi connectivity index (χ1) is 5.55. The van der Waals surface area contributed by atoms with Crippen LogP contribution in [0.2, 0.25) is 0 Å². The quantitative estimate of drug-likeness (QED) is 0.402. The second-order valence-electron chi connectivity index (χ2n) is 1.87. The minimum atomic E-state index is -5.46. The fourth-order valence-electron chi connectivity index (χ4n) is 0.283. The van der Waals surface area contributed by atoms with Crippen molar-refractivity contribution in [3.05, 3.63) is 11.8 Å². The Bertz CT molecular complexity index is 240. The molecule has 0 saturated heterocycles. The molecule has 2 nitrogen and oxygen atoms in total.